The molecule has 0 spiro atoms. The van der Waals surface area contributed by atoms with Gasteiger partial charge in [0.1, 0.15) is 18.3 Å². The Morgan fingerprint density at radius 1 is 1.52 bits per heavy atom. The number of hydrogen-bond donors (Lipinski definition) is 0. The van der Waals surface area contributed by atoms with Gasteiger partial charge in [-0.25, -0.2) is 4.79 Å². The molecule has 0 saturated carbocycles. The molecular weight excluding hydrogens is 296 g/mol. The van der Waals surface area contributed by atoms with E-state index in [1.807, 2.05) is 32.1 Å². The zero-order valence-corrected chi connectivity index (χ0v) is 13.7. The van der Waals surface area contributed by atoms with Crippen molar-refractivity contribution in [3.05, 3.63) is 36.0 Å². The number of ether oxygens (including phenoxy) is 3. The molecule has 2 heterocycles. The lowest BCUT2D eigenvalue weighted by Gasteiger charge is -2.27. The van der Waals surface area contributed by atoms with E-state index < -0.39 is 18.2 Å². The summed E-state index contributed by atoms with van der Waals surface area (Å²) in [5, 5.41) is 0. The van der Waals surface area contributed by atoms with Crippen LogP contribution in [0, 0.1) is 5.92 Å². The fourth-order valence-electron chi connectivity index (χ4n) is 3.29. The van der Waals surface area contributed by atoms with Crippen molar-refractivity contribution in [3.8, 4) is 0 Å². The Labute approximate surface area is 136 Å². The minimum atomic E-state index is -0.489. The molecular formula is C18H22O5. The molecule has 3 aliphatic rings. The second kappa shape index (κ2) is 5.64. The molecule has 5 nitrogen and oxygen atoms in total. The summed E-state index contributed by atoms with van der Waals surface area (Å²) in [5.41, 5.74) is 0.949. The SMILES string of the molecule is C=C1C(=O)O[C@H]2/C=C(C)\C=C/[C@H]3O[C@]3(C)C[C@@H](OC(=O)CC)[C@@H]12. The van der Waals surface area contributed by atoms with Gasteiger partial charge in [0.25, 0.3) is 0 Å². The number of rotatable bonds is 2. The van der Waals surface area contributed by atoms with E-state index in [0.717, 1.165) is 5.57 Å². The molecule has 0 unspecified atom stereocenters. The molecule has 0 radical (unpaired) electrons. The van der Waals surface area contributed by atoms with Crippen LogP contribution in [0.25, 0.3) is 0 Å². The number of fused-ring (bicyclic) bond motifs is 2. The summed E-state index contributed by atoms with van der Waals surface area (Å²) in [6, 6.07) is 0. The Morgan fingerprint density at radius 2 is 2.26 bits per heavy atom. The van der Waals surface area contributed by atoms with Gasteiger partial charge in [-0.2, -0.15) is 0 Å². The third-order valence-electron chi connectivity index (χ3n) is 4.74. The van der Waals surface area contributed by atoms with Crippen LogP contribution >= 0.6 is 0 Å². The standard InChI is InChI=1S/C18H22O5/c1-5-15(19)21-13-9-18(4)14(23-18)7-6-10(2)8-12-16(13)11(3)17(20)22-12/h6-8,12-14,16H,3,5,9H2,1-2,4H3/b7-6-,10-8-/t12-,13+,14+,16-,18+/m0/s1. The number of hydrogen-bond acceptors (Lipinski definition) is 5. The van der Waals surface area contributed by atoms with Gasteiger partial charge in [-0.15, -0.1) is 0 Å². The third-order valence-corrected chi connectivity index (χ3v) is 4.74. The first kappa shape index (κ1) is 16.0. The molecule has 2 fully saturated rings. The Bertz CT molecular complexity index is 617. The molecule has 124 valence electrons. The quantitative estimate of drug-likeness (QED) is 0.444. The molecule has 2 aliphatic heterocycles. The van der Waals surface area contributed by atoms with Gasteiger partial charge in [0.15, 0.2) is 0 Å². The number of allylic oxidation sites excluding steroid dienone is 2. The number of carbonyl (C=O) groups is 2. The number of esters is 2. The fourth-order valence-corrected chi connectivity index (χ4v) is 3.29. The third kappa shape index (κ3) is 2.98. The molecule has 0 bridgehead atoms. The van der Waals surface area contributed by atoms with Gasteiger partial charge < -0.3 is 14.2 Å². The van der Waals surface area contributed by atoms with Gasteiger partial charge in [0.2, 0.25) is 0 Å². The van der Waals surface area contributed by atoms with Gasteiger partial charge >= 0.3 is 11.9 Å². The van der Waals surface area contributed by atoms with E-state index in [1.54, 1.807) is 6.92 Å². The second-order valence-electron chi connectivity index (χ2n) is 6.63. The summed E-state index contributed by atoms with van der Waals surface area (Å²) in [7, 11) is 0. The summed E-state index contributed by atoms with van der Waals surface area (Å²) >= 11 is 0. The van der Waals surface area contributed by atoms with Gasteiger partial charge in [0.05, 0.1) is 11.5 Å². The Balaban J connectivity index is 1.97. The smallest absolute Gasteiger partial charge is 0.334 e. The van der Waals surface area contributed by atoms with Gasteiger partial charge in [-0.05, 0) is 19.9 Å². The van der Waals surface area contributed by atoms with E-state index in [1.165, 1.54) is 0 Å². The van der Waals surface area contributed by atoms with E-state index >= 15 is 0 Å². The minimum absolute atomic E-state index is 0.00323. The molecule has 5 heteroatoms. The highest BCUT2D eigenvalue weighted by Crippen LogP contribution is 2.46. The molecule has 3 rings (SSSR count). The first-order valence-electron chi connectivity index (χ1n) is 7.98. The van der Waals surface area contributed by atoms with E-state index in [0.29, 0.717) is 12.0 Å². The van der Waals surface area contributed by atoms with Crippen molar-refractivity contribution in [1.29, 1.82) is 0 Å². The van der Waals surface area contributed by atoms with Crippen LogP contribution in [0.15, 0.2) is 36.0 Å². The molecule has 1 aliphatic carbocycles. The monoisotopic (exact) mass is 318 g/mol. The predicted octanol–water partition coefficient (Wildman–Crippen LogP) is 2.47. The van der Waals surface area contributed by atoms with Crippen molar-refractivity contribution >= 4 is 11.9 Å². The lowest BCUT2D eigenvalue weighted by atomic mass is 9.83. The average molecular weight is 318 g/mol. The summed E-state index contributed by atoms with van der Waals surface area (Å²) in [6.45, 7) is 9.54. The van der Waals surface area contributed by atoms with E-state index in [4.69, 9.17) is 14.2 Å². The normalized spacial score (nSPS) is 42.7. The van der Waals surface area contributed by atoms with Crippen LogP contribution in [0.4, 0.5) is 0 Å². The lowest BCUT2D eigenvalue weighted by molar-refractivity contribution is -0.152. The van der Waals surface area contributed by atoms with Gasteiger partial charge in [-0.3, -0.25) is 4.79 Å². The Hall–Kier alpha value is -1.88. The van der Waals surface area contributed by atoms with Crippen molar-refractivity contribution < 1.29 is 23.8 Å². The lowest BCUT2D eigenvalue weighted by Crippen LogP contribution is -2.36. The maximum absolute atomic E-state index is 12.0. The maximum Gasteiger partial charge on any atom is 0.334 e. The summed E-state index contributed by atoms with van der Waals surface area (Å²) in [4.78, 5) is 23.8. The first-order valence-corrected chi connectivity index (χ1v) is 7.98. The molecule has 0 aromatic rings. The zero-order chi connectivity index (χ0) is 16.8. The topological polar surface area (TPSA) is 65.1 Å². The average Bonchev–Trinajstić information content (AvgIpc) is 3.04. The Morgan fingerprint density at radius 3 is 2.96 bits per heavy atom. The van der Waals surface area contributed by atoms with E-state index in [2.05, 4.69) is 6.58 Å². The van der Waals surface area contributed by atoms with Crippen LogP contribution < -0.4 is 0 Å². The van der Waals surface area contributed by atoms with Crippen molar-refractivity contribution in [2.24, 2.45) is 5.92 Å². The van der Waals surface area contributed by atoms with Crippen LogP contribution in [0.5, 0.6) is 0 Å². The summed E-state index contributed by atoms with van der Waals surface area (Å²) in [5.74, 6) is -1.10. The Kier molecular flexibility index (Phi) is 3.92. The van der Waals surface area contributed by atoms with Crippen molar-refractivity contribution in [2.45, 2.75) is 57.5 Å². The highest BCUT2D eigenvalue weighted by molar-refractivity contribution is 5.91. The molecule has 0 N–H and O–H groups in total. The number of epoxide rings is 1. The van der Waals surface area contributed by atoms with Gasteiger partial charge in [-0.1, -0.05) is 31.2 Å². The second-order valence-corrected chi connectivity index (χ2v) is 6.63. The minimum Gasteiger partial charge on any atom is -0.461 e. The summed E-state index contributed by atoms with van der Waals surface area (Å²) < 4.78 is 16.8. The molecule has 0 amide bonds. The molecule has 0 aromatic heterocycles. The van der Waals surface area contributed by atoms with E-state index in [9.17, 15) is 9.59 Å². The molecule has 23 heavy (non-hydrogen) atoms. The number of carbonyl (C=O) groups excluding carboxylic acids is 2. The van der Waals surface area contributed by atoms with Crippen molar-refractivity contribution in [3.63, 3.8) is 0 Å². The van der Waals surface area contributed by atoms with E-state index in [-0.39, 0.29) is 30.0 Å². The van der Waals surface area contributed by atoms with Crippen LogP contribution in [0.2, 0.25) is 0 Å². The molecule has 2 saturated heterocycles. The zero-order valence-electron chi connectivity index (χ0n) is 13.7. The highest BCUT2D eigenvalue weighted by atomic mass is 16.6. The van der Waals surface area contributed by atoms with Crippen LogP contribution in [-0.2, 0) is 23.8 Å². The molecule has 5 atom stereocenters. The maximum atomic E-state index is 12.0. The predicted molar refractivity (Wildman–Crippen MR) is 83.5 cm³/mol. The van der Waals surface area contributed by atoms with Crippen LogP contribution in [0.3, 0.4) is 0 Å². The summed E-state index contributed by atoms with van der Waals surface area (Å²) in [6.07, 6.45) is 5.69. The largest absolute Gasteiger partial charge is 0.461 e. The van der Waals surface area contributed by atoms with Crippen LogP contribution in [-0.4, -0.2) is 35.9 Å². The first-order chi connectivity index (χ1) is 10.8. The molecule has 0 aromatic carbocycles. The fraction of sp³-hybridized carbons (Fsp3) is 0.556. The highest BCUT2D eigenvalue weighted by Gasteiger charge is 2.55. The van der Waals surface area contributed by atoms with Crippen molar-refractivity contribution in [1.82, 2.24) is 0 Å². The van der Waals surface area contributed by atoms with Crippen molar-refractivity contribution in [2.75, 3.05) is 0 Å². The van der Waals surface area contributed by atoms with Crippen LogP contribution in [0.1, 0.15) is 33.6 Å². The van der Waals surface area contributed by atoms with Gasteiger partial charge in [0, 0.05) is 18.4 Å².